The van der Waals surface area contributed by atoms with Crippen LogP contribution in [0.25, 0.3) is 0 Å². The van der Waals surface area contributed by atoms with E-state index in [0.717, 1.165) is 18.9 Å². The van der Waals surface area contributed by atoms with Gasteiger partial charge in [0, 0.05) is 25.0 Å². The highest BCUT2D eigenvalue weighted by Crippen LogP contribution is 2.12. The molecule has 0 radical (unpaired) electrons. The maximum atomic E-state index is 4.15. The predicted octanol–water partition coefficient (Wildman–Crippen LogP) is 2.64. The van der Waals surface area contributed by atoms with Gasteiger partial charge in [-0.1, -0.05) is 13.8 Å². The van der Waals surface area contributed by atoms with Crippen molar-refractivity contribution >= 4 is 0 Å². The van der Waals surface area contributed by atoms with Crippen LogP contribution in [0.15, 0.2) is 18.5 Å². The summed E-state index contributed by atoms with van der Waals surface area (Å²) in [6.45, 7) is 11.6. The molecule has 0 amide bonds. The number of piperidine rings is 1. The van der Waals surface area contributed by atoms with Crippen molar-refractivity contribution in [2.45, 2.75) is 46.1 Å². The zero-order chi connectivity index (χ0) is 14.4. The van der Waals surface area contributed by atoms with Crippen molar-refractivity contribution in [2.24, 2.45) is 5.92 Å². The van der Waals surface area contributed by atoms with Crippen molar-refractivity contribution in [1.82, 2.24) is 15.2 Å². The van der Waals surface area contributed by atoms with Crippen LogP contribution < -0.4 is 5.32 Å². The molecular weight excluding hydrogens is 246 g/mol. The van der Waals surface area contributed by atoms with Crippen LogP contribution in [-0.2, 0) is 6.42 Å². The van der Waals surface area contributed by atoms with Gasteiger partial charge in [-0.25, -0.2) is 0 Å². The number of hydrogen-bond donors (Lipinski definition) is 1. The molecule has 1 aromatic rings. The van der Waals surface area contributed by atoms with Gasteiger partial charge in [0.25, 0.3) is 0 Å². The smallest absolute Gasteiger partial charge is 0.0299 e. The highest BCUT2D eigenvalue weighted by Gasteiger charge is 2.18. The number of pyridine rings is 1. The molecule has 1 saturated heterocycles. The largest absolute Gasteiger partial charge is 0.314 e. The third kappa shape index (κ3) is 4.88. The third-order valence-electron chi connectivity index (χ3n) is 4.17. The molecule has 1 aromatic heterocycles. The summed E-state index contributed by atoms with van der Waals surface area (Å²) >= 11 is 0. The molecule has 0 aromatic carbocycles. The van der Waals surface area contributed by atoms with Crippen LogP contribution in [0.5, 0.6) is 0 Å². The van der Waals surface area contributed by atoms with E-state index in [9.17, 15) is 0 Å². The van der Waals surface area contributed by atoms with E-state index in [2.05, 4.69) is 42.0 Å². The second kappa shape index (κ2) is 7.75. The number of rotatable bonds is 6. The first kappa shape index (κ1) is 15.5. The summed E-state index contributed by atoms with van der Waals surface area (Å²) < 4.78 is 0. The summed E-state index contributed by atoms with van der Waals surface area (Å²) in [4.78, 5) is 6.76. The number of hydrogen-bond acceptors (Lipinski definition) is 3. The molecule has 0 aliphatic carbocycles. The number of likely N-dealkylation sites (tertiary alicyclic amines) is 1. The summed E-state index contributed by atoms with van der Waals surface area (Å²) in [5.41, 5.74) is 2.73. The summed E-state index contributed by atoms with van der Waals surface area (Å²) in [5, 5.41) is 3.72. The number of aryl methyl sites for hydroxylation is 1. The van der Waals surface area contributed by atoms with Crippen molar-refractivity contribution < 1.29 is 0 Å². The van der Waals surface area contributed by atoms with Crippen LogP contribution in [0, 0.1) is 12.8 Å². The van der Waals surface area contributed by atoms with Crippen LogP contribution >= 0.6 is 0 Å². The SMILES string of the molecule is Cc1cnccc1CCNC1CCN(CC(C)C)CC1. The Bertz CT molecular complexity index is 395. The topological polar surface area (TPSA) is 28.2 Å². The fourth-order valence-corrected chi connectivity index (χ4v) is 3.03. The fraction of sp³-hybridized carbons (Fsp3) is 0.706. The van der Waals surface area contributed by atoms with Gasteiger partial charge >= 0.3 is 0 Å². The van der Waals surface area contributed by atoms with E-state index in [-0.39, 0.29) is 0 Å². The van der Waals surface area contributed by atoms with Gasteiger partial charge in [0.15, 0.2) is 0 Å². The first-order valence-corrected chi connectivity index (χ1v) is 8.00. The van der Waals surface area contributed by atoms with Crippen molar-refractivity contribution in [1.29, 1.82) is 0 Å². The Morgan fingerprint density at radius 2 is 2.10 bits per heavy atom. The Hall–Kier alpha value is -0.930. The Kier molecular flexibility index (Phi) is 5.99. The van der Waals surface area contributed by atoms with Crippen molar-refractivity contribution in [2.75, 3.05) is 26.2 Å². The van der Waals surface area contributed by atoms with Gasteiger partial charge in [-0.2, -0.15) is 0 Å². The Balaban J connectivity index is 1.65. The minimum atomic E-state index is 0.709. The normalized spacial score (nSPS) is 17.8. The van der Waals surface area contributed by atoms with Gasteiger partial charge in [0.05, 0.1) is 0 Å². The van der Waals surface area contributed by atoms with E-state index in [1.807, 2.05) is 12.4 Å². The molecule has 3 heteroatoms. The maximum Gasteiger partial charge on any atom is 0.0299 e. The zero-order valence-electron chi connectivity index (χ0n) is 13.2. The predicted molar refractivity (Wildman–Crippen MR) is 85.0 cm³/mol. The summed E-state index contributed by atoms with van der Waals surface area (Å²) in [6.07, 6.45) is 7.55. The minimum Gasteiger partial charge on any atom is -0.314 e. The summed E-state index contributed by atoms with van der Waals surface area (Å²) in [6, 6.07) is 2.85. The Morgan fingerprint density at radius 1 is 1.35 bits per heavy atom. The van der Waals surface area contributed by atoms with Gasteiger partial charge in [-0.3, -0.25) is 4.98 Å². The Morgan fingerprint density at radius 3 is 2.75 bits per heavy atom. The van der Waals surface area contributed by atoms with Crippen LogP contribution in [0.3, 0.4) is 0 Å². The van der Waals surface area contributed by atoms with Crippen molar-refractivity contribution in [3.8, 4) is 0 Å². The number of nitrogens with zero attached hydrogens (tertiary/aromatic N) is 2. The second-order valence-corrected chi connectivity index (χ2v) is 6.48. The van der Waals surface area contributed by atoms with Crippen LogP contribution in [0.4, 0.5) is 0 Å². The fourth-order valence-electron chi connectivity index (χ4n) is 3.03. The van der Waals surface area contributed by atoms with Crippen LogP contribution in [0.1, 0.15) is 37.8 Å². The Labute approximate surface area is 123 Å². The lowest BCUT2D eigenvalue weighted by atomic mass is 10.0. The molecule has 0 unspecified atom stereocenters. The molecule has 1 N–H and O–H groups in total. The molecule has 0 bridgehead atoms. The van der Waals surface area contributed by atoms with E-state index >= 15 is 0 Å². The van der Waals surface area contributed by atoms with E-state index in [0.29, 0.717) is 6.04 Å². The van der Waals surface area contributed by atoms with Gasteiger partial charge in [-0.15, -0.1) is 0 Å². The van der Waals surface area contributed by atoms with E-state index in [1.54, 1.807) is 0 Å². The van der Waals surface area contributed by atoms with E-state index < -0.39 is 0 Å². The van der Waals surface area contributed by atoms with Gasteiger partial charge in [0.1, 0.15) is 0 Å². The maximum absolute atomic E-state index is 4.15. The molecule has 3 nitrogen and oxygen atoms in total. The number of aromatic nitrogens is 1. The number of nitrogens with one attached hydrogen (secondary N) is 1. The van der Waals surface area contributed by atoms with Gasteiger partial charge in [-0.05, 0) is 68.9 Å². The average molecular weight is 275 g/mol. The van der Waals surface area contributed by atoms with Gasteiger partial charge < -0.3 is 10.2 Å². The first-order chi connectivity index (χ1) is 9.65. The van der Waals surface area contributed by atoms with Crippen LogP contribution in [0.2, 0.25) is 0 Å². The van der Waals surface area contributed by atoms with Gasteiger partial charge in [0.2, 0.25) is 0 Å². The van der Waals surface area contributed by atoms with E-state index in [4.69, 9.17) is 0 Å². The molecule has 112 valence electrons. The molecule has 0 saturated carbocycles. The minimum absolute atomic E-state index is 0.709. The molecule has 1 fully saturated rings. The molecule has 1 aliphatic rings. The average Bonchev–Trinajstić information content (AvgIpc) is 2.42. The lowest BCUT2D eigenvalue weighted by Crippen LogP contribution is -2.44. The third-order valence-corrected chi connectivity index (χ3v) is 4.17. The van der Waals surface area contributed by atoms with E-state index in [1.165, 1.54) is 43.6 Å². The quantitative estimate of drug-likeness (QED) is 0.865. The summed E-state index contributed by atoms with van der Waals surface area (Å²) in [5.74, 6) is 0.786. The first-order valence-electron chi connectivity index (χ1n) is 8.00. The van der Waals surface area contributed by atoms with Crippen molar-refractivity contribution in [3.63, 3.8) is 0 Å². The van der Waals surface area contributed by atoms with Crippen LogP contribution in [-0.4, -0.2) is 42.1 Å². The molecule has 0 atom stereocenters. The zero-order valence-corrected chi connectivity index (χ0v) is 13.2. The highest BCUT2D eigenvalue weighted by molar-refractivity contribution is 5.21. The highest BCUT2D eigenvalue weighted by atomic mass is 15.1. The standard InChI is InChI=1S/C17H29N3/c1-14(2)13-20-10-6-17(7-11-20)19-9-5-16-4-8-18-12-15(16)3/h4,8,12,14,17,19H,5-7,9-11,13H2,1-3H3. The molecule has 0 spiro atoms. The molecule has 2 heterocycles. The lowest BCUT2D eigenvalue weighted by Gasteiger charge is -2.33. The summed E-state index contributed by atoms with van der Waals surface area (Å²) in [7, 11) is 0. The van der Waals surface area contributed by atoms with Crippen molar-refractivity contribution in [3.05, 3.63) is 29.6 Å². The molecule has 20 heavy (non-hydrogen) atoms. The monoisotopic (exact) mass is 275 g/mol. The molecular formula is C17H29N3. The second-order valence-electron chi connectivity index (χ2n) is 6.48. The molecule has 2 rings (SSSR count). The molecule has 1 aliphatic heterocycles. The lowest BCUT2D eigenvalue weighted by molar-refractivity contribution is 0.180.